The maximum absolute atomic E-state index is 14.2. The molecule has 2 aliphatic rings. The van der Waals surface area contributed by atoms with Gasteiger partial charge in [0.05, 0.1) is 18.4 Å². The van der Waals surface area contributed by atoms with Crippen LogP contribution in [0.25, 0.3) is 5.57 Å². The van der Waals surface area contributed by atoms with Crippen molar-refractivity contribution in [1.82, 2.24) is 4.98 Å². The number of carboxylic acid groups (broad SMARTS) is 1. The normalized spacial score (nSPS) is 22.4. The van der Waals surface area contributed by atoms with Gasteiger partial charge in [-0.25, -0.2) is 14.2 Å². The minimum atomic E-state index is -4.16. The number of nitrogens with one attached hydrogen (secondary N) is 1. The minimum Gasteiger partial charge on any atom is -0.495 e. The highest BCUT2D eigenvalue weighted by Gasteiger charge is 2.32. The van der Waals surface area contributed by atoms with E-state index in [0.29, 0.717) is 22.3 Å². The number of carboxylic acids is 1. The number of thiazole rings is 1. The Morgan fingerprint density at radius 1 is 1.22 bits per heavy atom. The quantitative estimate of drug-likeness (QED) is 0.404. The Morgan fingerprint density at radius 3 is 2.49 bits per heavy atom. The minimum absolute atomic E-state index is 0.113. The van der Waals surface area contributed by atoms with Crippen LogP contribution in [0.15, 0.2) is 40.8 Å². The Hall–Kier alpha value is -2.72. The molecule has 1 aromatic carbocycles. The molecule has 0 saturated heterocycles. The van der Waals surface area contributed by atoms with Crippen molar-refractivity contribution in [2.45, 2.75) is 57.9 Å². The lowest BCUT2D eigenvalue weighted by molar-refractivity contribution is 0.0691. The van der Waals surface area contributed by atoms with Crippen molar-refractivity contribution >= 4 is 38.6 Å². The summed E-state index contributed by atoms with van der Waals surface area (Å²) in [6.45, 7) is 6.99. The molecule has 1 atom stereocenters. The lowest BCUT2D eigenvalue weighted by Gasteiger charge is -2.39. The molecular formula is C27H33FN2O5S2. The lowest BCUT2D eigenvalue weighted by atomic mass is 9.66. The topological polar surface area (TPSA) is 106 Å². The molecule has 2 N–H and O–H groups in total. The summed E-state index contributed by atoms with van der Waals surface area (Å²) in [4.78, 5) is 15.5. The van der Waals surface area contributed by atoms with Crippen molar-refractivity contribution in [2.75, 3.05) is 11.8 Å². The summed E-state index contributed by atoms with van der Waals surface area (Å²) in [6, 6.07) is 1.72. The number of sulfonamides is 1. The molecule has 0 spiro atoms. The first-order valence-electron chi connectivity index (χ1n) is 12.4. The van der Waals surface area contributed by atoms with E-state index in [2.05, 4.69) is 42.6 Å². The Morgan fingerprint density at radius 2 is 1.92 bits per heavy atom. The van der Waals surface area contributed by atoms with Crippen molar-refractivity contribution in [2.24, 2.45) is 23.2 Å². The Labute approximate surface area is 221 Å². The second-order valence-corrected chi connectivity index (χ2v) is 13.3. The molecule has 1 aromatic heterocycles. The number of allylic oxidation sites excluding steroid dienone is 4. The van der Waals surface area contributed by atoms with Crippen LogP contribution in [0.4, 0.5) is 10.1 Å². The summed E-state index contributed by atoms with van der Waals surface area (Å²) >= 11 is 1.22. The zero-order chi connectivity index (χ0) is 27.0. The van der Waals surface area contributed by atoms with Crippen LogP contribution in [0, 0.1) is 29.0 Å². The molecule has 37 heavy (non-hydrogen) atoms. The number of hydrogen-bond acceptors (Lipinski definition) is 6. The number of ether oxygens (including phenoxy) is 1. The van der Waals surface area contributed by atoms with Crippen LogP contribution in [0.5, 0.6) is 5.75 Å². The third-order valence-corrected chi connectivity index (χ3v) is 9.79. The summed E-state index contributed by atoms with van der Waals surface area (Å²) < 4.78 is 47.4. The molecule has 4 rings (SSSR count). The van der Waals surface area contributed by atoms with Crippen LogP contribution in [0.2, 0.25) is 0 Å². The first-order valence-corrected chi connectivity index (χ1v) is 14.7. The van der Waals surface area contributed by atoms with Gasteiger partial charge in [0.15, 0.2) is 5.03 Å². The molecule has 1 saturated carbocycles. The number of rotatable bonds is 7. The largest absolute Gasteiger partial charge is 0.495 e. The highest BCUT2D eigenvalue weighted by molar-refractivity contribution is 7.92. The number of halogens is 1. The van der Waals surface area contributed by atoms with Gasteiger partial charge in [0, 0.05) is 17.0 Å². The number of nitrogens with zero attached hydrogens (tertiary/aromatic N) is 1. The molecule has 0 aliphatic heterocycles. The number of methoxy groups -OCH3 is 1. The van der Waals surface area contributed by atoms with Crippen molar-refractivity contribution in [3.63, 3.8) is 0 Å². The number of anilines is 1. The van der Waals surface area contributed by atoms with E-state index in [-0.39, 0.29) is 16.5 Å². The van der Waals surface area contributed by atoms with Crippen LogP contribution in [0.1, 0.15) is 68.2 Å². The van der Waals surface area contributed by atoms with Gasteiger partial charge in [0.25, 0.3) is 10.0 Å². The molecule has 0 bridgehead atoms. The highest BCUT2D eigenvalue weighted by atomic mass is 32.2. The second kappa shape index (κ2) is 10.6. The average Bonchev–Trinajstić information content (AvgIpc) is 3.35. The number of benzene rings is 1. The van der Waals surface area contributed by atoms with Gasteiger partial charge in [-0.05, 0) is 61.3 Å². The van der Waals surface area contributed by atoms with Gasteiger partial charge in [0.2, 0.25) is 0 Å². The molecule has 7 nitrogen and oxygen atoms in total. The molecule has 0 amide bonds. The van der Waals surface area contributed by atoms with Crippen LogP contribution in [0.3, 0.4) is 0 Å². The predicted octanol–water partition coefficient (Wildman–Crippen LogP) is 6.60. The van der Waals surface area contributed by atoms with Crippen molar-refractivity contribution in [3.8, 4) is 5.75 Å². The molecule has 1 heterocycles. The van der Waals surface area contributed by atoms with Crippen LogP contribution >= 0.6 is 11.3 Å². The molecule has 200 valence electrons. The third-order valence-electron chi connectivity index (χ3n) is 7.50. The van der Waals surface area contributed by atoms with Gasteiger partial charge in [-0.3, -0.25) is 4.72 Å². The van der Waals surface area contributed by atoms with Crippen LogP contribution in [-0.2, 0) is 10.0 Å². The summed E-state index contributed by atoms with van der Waals surface area (Å²) in [5.74, 6) is -0.735. The molecule has 1 unspecified atom stereocenters. The van der Waals surface area contributed by atoms with E-state index in [1.165, 1.54) is 49.5 Å². The van der Waals surface area contributed by atoms with E-state index in [1.54, 1.807) is 0 Å². The first kappa shape index (κ1) is 27.3. The van der Waals surface area contributed by atoms with E-state index in [0.717, 1.165) is 30.0 Å². The van der Waals surface area contributed by atoms with Gasteiger partial charge in [-0.2, -0.15) is 8.42 Å². The number of carbonyl (C=O) groups is 1. The fourth-order valence-electron chi connectivity index (χ4n) is 5.24. The van der Waals surface area contributed by atoms with Crippen LogP contribution in [-0.4, -0.2) is 31.6 Å². The third kappa shape index (κ3) is 6.06. The summed E-state index contributed by atoms with van der Waals surface area (Å²) in [7, 11) is -2.92. The van der Waals surface area contributed by atoms with Crippen molar-refractivity contribution < 1.29 is 27.4 Å². The Kier molecular flexibility index (Phi) is 7.80. The van der Waals surface area contributed by atoms with Crippen LogP contribution < -0.4 is 9.46 Å². The van der Waals surface area contributed by atoms with Gasteiger partial charge in [0.1, 0.15) is 16.6 Å². The Balaban J connectivity index is 1.43. The van der Waals surface area contributed by atoms with Gasteiger partial charge in [-0.1, -0.05) is 39.0 Å². The predicted molar refractivity (Wildman–Crippen MR) is 143 cm³/mol. The fraction of sp³-hybridized carbons (Fsp3) is 0.481. The summed E-state index contributed by atoms with van der Waals surface area (Å²) in [5, 5.41) is 10.9. The molecule has 1 fully saturated rings. The monoisotopic (exact) mass is 548 g/mol. The zero-order valence-corrected chi connectivity index (χ0v) is 23.1. The van der Waals surface area contributed by atoms with Crippen molar-refractivity contribution in [3.05, 3.63) is 52.1 Å². The molecule has 2 aliphatic carbocycles. The molecule has 2 aromatic rings. The van der Waals surface area contributed by atoms with E-state index in [9.17, 15) is 17.6 Å². The van der Waals surface area contributed by atoms with Gasteiger partial charge >= 0.3 is 5.97 Å². The fourth-order valence-corrected chi connectivity index (χ4v) is 7.41. The standard InChI is InChI=1S/C27H33FN2O5S2/c1-27(2,3)19-11-9-17(10-12-19)16-5-7-18(8-6-16)25-29-24(15-36-25)37(33,34)30-22-14-21(28)20(26(31)32)13-23(22)35-4/h5,7-8,13-17,19,30H,6,9-12H2,1-4H3,(H,31,32). The zero-order valence-electron chi connectivity index (χ0n) is 21.5. The number of aromatic nitrogens is 1. The lowest BCUT2D eigenvalue weighted by Crippen LogP contribution is -2.28. The van der Waals surface area contributed by atoms with E-state index < -0.39 is 27.4 Å². The molecular weight excluding hydrogens is 515 g/mol. The Bertz CT molecular complexity index is 1330. The SMILES string of the molecule is COc1cc(C(=O)O)c(F)cc1NS(=O)(=O)c1csc(C2=CCC(C3CCC(C(C)(C)C)CC3)C=C2)n1. The van der Waals surface area contributed by atoms with Crippen molar-refractivity contribution in [1.29, 1.82) is 0 Å². The van der Waals surface area contributed by atoms with E-state index in [4.69, 9.17) is 9.84 Å². The number of aromatic carboxylic acids is 1. The number of hydrogen-bond donors (Lipinski definition) is 2. The maximum atomic E-state index is 14.2. The molecule has 10 heteroatoms. The second-order valence-electron chi connectivity index (χ2n) is 10.8. The average molecular weight is 549 g/mol. The van der Waals surface area contributed by atoms with Gasteiger partial charge < -0.3 is 9.84 Å². The molecule has 0 radical (unpaired) electrons. The highest BCUT2D eigenvalue weighted by Crippen LogP contribution is 2.44. The van der Waals surface area contributed by atoms with E-state index in [1.807, 2.05) is 6.08 Å². The smallest absolute Gasteiger partial charge is 0.338 e. The maximum Gasteiger partial charge on any atom is 0.338 e. The van der Waals surface area contributed by atoms with E-state index >= 15 is 0 Å². The summed E-state index contributed by atoms with van der Waals surface area (Å²) in [6.07, 6.45) is 12.3. The van der Waals surface area contributed by atoms with Gasteiger partial charge in [-0.15, -0.1) is 11.3 Å². The summed E-state index contributed by atoms with van der Waals surface area (Å²) in [5.41, 5.74) is 0.424. The first-order chi connectivity index (χ1) is 17.4.